The maximum absolute atomic E-state index is 10.0. The molecule has 0 aliphatic carbocycles. The maximum Gasteiger partial charge on any atom is 0.0917 e. The van der Waals surface area contributed by atoms with Gasteiger partial charge in [-0.3, -0.25) is 0 Å². The average molecular weight is 257 g/mol. The number of hydrogen-bond donors (Lipinski definition) is 1. The number of aliphatic hydroxyl groups is 1. The van der Waals surface area contributed by atoms with Crippen LogP contribution in [0.5, 0.6) is 0 Å². The van der Waals surface area contributed by atoms with Crippen molar-refractivity contribution >= 4 is 15.9 Å². The molecule has 1 rings (SSSR count). The van der Waals surface area contributed by atoms with Crippen LogP contribution in [0, 0.1) is 20.8 Å². The van der Waals surface area contributed by atoms with E-state index in [1.807, 2.05) is 20.8 Å². The van der Waals surface area contributed by atoms with Crippen molar-refractivity contribution in [2.75, 3.05) is 0 Å². The standard InChI is InChI=1S/C12H17BrO/c1-7-5-8(2)11(9(3)6-7)12(14)10(4)13/h5-6,10,12,14H,1-4H3. The number of aliphatic hydroxyl groups excluding tert-OH is 1. The highest BCUT2D eigenvalue weighted by Crippen LogP contribution is 2.28. The van der Waals surface area contributed by atoms with Gasteiger partial charge in [-0.25, -0.2) is 0 Å². The minimum atomic E-state index is -0.421. The van der Waals surface area contributed by atoms with E-state index in [0.717, 1.165) is 5.56 Å². The molecular weight excluding hydrogens is 240 g/mol. The van der Waals surface area contributed by atoms with Crippen molar-refractivity contribution < 1.29 is 5.11 Å². The molecule has 0 amide bonds. The molecule has 78 valence electrons. The molecule has 0 aliphatic rings. The van der Waals surface area contributed by atoms with Gasteiger partial charge < -0.3 is 5.11 Å². The minimum absolute atomic E-state index is 0.0857. The minimum Gasteiger partial charge on any atom is -0.387 e. The van der Waals surface area contributed by atoms with E-state index in [1.165, 1.54) is 16.7 Å². The summed E-state index contributed by atoms with van der Waals surface area (Å²) >= 11 is 3.41. The summed E-state index contributed by atoms with van der Waals surface area (Å²) < 4.78 is 0. The van der Waals surface area contributed by atoms with Crippen LogP contribution in [0.3, 0.4) is 0 Å². The molecule has 2 unspecified atom stereocenters. The number of halogens is 1. The summed E-state index contributed by atoms with van der Waals surface area (Å²) in [5.74, 6) is 0. The third-order valence-corrected chi connectivity index (χ3v) is 2.97. The fraction of sp³-hybridized carbons (Fsp3) is 0.500. The predicted molar refractivity (Wildman–Crippen MR) is 64.0 cm³/mol. The number of alkyl halides is 1. The van der Waals surface area contributed by atoms with Crippen LogP contribution >= 0.6 is 15.9 Å². The van der Waals surface area contributed by atoms with Gasteiger partial charge in [-0.1, -0.05) is 33.6 Å². The van der Waals surface area contributed by atoms with Gasteiger partial charge in [0.05, 0.1) is 6.10 Å². The molecule has 0 aliphatic heterocycles. The Morgan fingerprint density at radius 3 is 1.93 bits per heavy atom. The van der Waals surface area contributed by atoms with E-state index in [-0.39, 0.29) is 4.83 Å². The van der Waals surface area contributed by atoms with E-state index < -0.39 is 6.10 Å². The quantitative estimate of drug-likeness (QED) is 0.805. The summed E-state index contributed by atoms with van der Waals surface area (Å²) in [5, 5.41) is 10.0. The first-order chi connectivity index (χ1) is 6.43. The number of rotatable bonds is 2. The smallest absolute Gasteiger partial charge is 0.0917 e. The number of aryl methyl sites for hydroxylation is 3. The van der Waals surface area contributed by atoms with Crippen LogP contribution in [0.2, 0.25) is 0 Å². The monoisotopic (exact) mass is 256 g/mol. The normalized spacial score (nSPS) is 15.3. The predicted octanol–water partition coefficient (Wildman–Crippen LogP) is 3.43. The third-order valence-electron chi connectivity index (χ3n) is 2.47. The second-order valence-corrected chi connectivity index (χ2v) is 5.38. The zero-order valence-corrected chi connectivity index (χ0v) is 10.7. The van der Waals surface area contributed by atoms with Gasteiger partial charge in [0.25, 0.3) is 0 Å². The molecule has 1 nitrogen and oxygen atoms in total. The van der Waals surface area contributed by atoms with Gasteiger partial charge in [0.2, 0.25) is 0 Å². The Kier molecular flexibility index (Phi) is 3.73. The Morgan fingerprint density at radius 2 is 1.57 bits per heavy atom. The molecule has 14 heavy (non-hydrogen) atoms. The highest BCUT2D eigenvalue weighted by Gasteiger charge is 2.17. The molecule has 0 saturated carbocycles. The Bertz CT molecular complexity index is 308. The highest BCUT2D eigenvalue weighted by atomic mass is 79.9. The van der Waals surface area contributed by atoms with Crippen LogP contribution in [0.25, 0.3) is 0 Å². The van der Waals surface area contributed by atoms with E-state index in [0.29, 0.717) is 0 Å². The zero-order valence-electron chi connectivity index (χ0n) is 9.13. The molecule has 1 aromatic rings. The van der Waals surface area contributed by atoms with Crippen molar-refractivity contribution in [1.29, 1.82) is 0 Å². The summed E-state index contributed by atoms with van der Waals surface area (Å²) in [6.07, 6.45) is -0.421. The van der Waals surface area contributed by atoms with Crippen molar-refractivity contribution in [3.63, 3.8) is 0 Å². The zero-order chi connectivity index (χ0) is 10.9. The lowest BCUT2D eigenvalue weighted by Gasteiger charge is -2.19. The van der Waals surface area contributed by atoms with Gasteiger partial charge in [-0.2, -0.15) is 0 Å². The fourth-order valence-electron chi connectivity index (χ4n) is 1.89. The van der Waals surface area contributed by atoms with Crippen molar-refractivity contribution in [2.24, 2.45) is 0 Å². The third kappa shape index (κ3) is 2.37. The first-order valence-electron chi connectivity index (χ1n) is 4.83. The molecule has 0 heterocycles. The van der Waals surface area contributed by atoms with Crippen LogP contribution in [-0.2, 0) is 0 Å². The SMILES string of the molecule is Cc1cc(C)c(C(O)C(C)Br)c(C)c1. The molecule has 0 bridgehead atoms. The molecule has 0 aromatic heterocycles. The van der Waals surface area contributed by atoms with Gasteiger partial charge in [0.1, 0.15) is 0 Å². The van der Waals surface area contributed by atoms with Crippen LogP contribution in [0.1, 0.15) is 35.3 Å². The Hall–Kier alpha value is -0.340. The first kappa shape index (κ1) is 11.7. The van der Waals surface area contributed by atoms with Gasteiger partial charge >= 0.3 is 0 Å². The lowest BCUT2D eigenvalue weighted by molar-refractivity contribution is 0.180. The topological polar surface area (TPSA) is 20.2 Å². The van der Waals surface area contributed by atoms with E-state index in [2.05, 4.69) is 35.0 Å². The van der Waals surface area contributed by atoms with Crippen molar-refractivity contribution in [2.45, 2.75) is 38.6 Å². The van der Waals surface area contributed by atoms with Crippen LogP contribution in [0.15, 0.2) is 12.1 Å². The van der Waals surface area contributed by atoms with Crippen molar-refractivity contribution in [3.05, 3.63) is 34.4 Å². The summed E-state index contributed by atoms with van der Waals surface area (Å²) in [5.41, 5.74) is 4.64. The molecular formula is C12H17BrO. The van der Waals surface area contributed by atoms with Crippen molar-refractivity contribution in [3.8, 4) is 0 Å². The lowest BCUT2D eigenvalue weighted by Crippen LogP contribution is -2.11. The highest BCUT2D eigenvalue weighted by molar-refractivity contribution is 9.09. The van der Waals surface area contributed by atoms with E-state index >= 15 is 0 Å². The molecule has 0 saturated heterocycles. The summed E-state index contributed by atoms with van der Waals surface area (Å²) in [7, 11) is 0. The van der Waals surface area contributed by atoms with Crippen molar-refractivity contribution in [1.82, 2.24) is 0 Å². The molecule has 0 fully saturated rings. The Balaban J connectivity index is 3.20. The molecule has 1 aromatic carbocycles. The summed E-state index contributed by atoms with van der Waals surface area (Å²) in [6, 6.07) is 4.22. The average Bonchev–Trinajstić information content (AvgIpc) is 2.01. The first-order valence-corrected chi connectivity index (χ1v) is 5.75. The molecule has 0 spiro atoms. The van der Waals surface area contributed by atoms with E-state index in [4.69, 9.17) is 0 Å². The molecule has 0 radical (unpaired) electrons. The summed E-state index contributed by atoms with van der Waals surface area (Å²) in [6.45, 7) is 8.14. The van der Waals surface area contributed by atoms with Gasteiger partial charge in [0, 0.05) is 4.83 Å². The second-order valence-electron chi connectivity index (χ2n) is 3.93. The van der Waals surface area contributed by atoms with Gasteiger partial charge in [-0.15, -0.1) is 0 Å². The fourth-order valence-corrected chi connectivity index (χ4v) is 2.15. The lowest BCUT2D eigenvalue weighted by atomic mass is 9.94. The largest absolute Gasteiger partial charge is 0.387 e. The Morgan fingerprint density at radius 1 is 1.14 bits per heavy atom. The summed E-state index contributed by atoms with van der Waals surface area (Å²) in [4.78, 5) is 0.0857. The molecule has 1 N–H and O–H groups in total. The van der Waals surface area contributed by atoms with E-state index in [9.17, 15) is 5.11 Å². The number of benzene rings is 1. The van der Waals surface area contributed by atoms with E-state index in [1.54, 1.807) is 0 Å². The van der Waals surface area contributed by atoms with Crippen LogP contribution < -0.4 is 0 Å². The van der Waals surface area contributed by atoms with Gasteiger partial charge in [0.15, 0.2) is 0 Å². The second kappa shape index (κ2) is 4.45. The number of hydrogen-bond acceptors (Lipinski definition) is 1. The Labute approximate surface area is 94.3 Å². The van der Waals surface area contributed by atoms with Crippen LogP contribution in [-0.4, -0.2) is 9.93 Å². The van der Waals surface area contributed by atoms with Crippen LogP contribution in [0.4, 0.5) is 0 Å². The molecule has 2 atom stereocenters. The van der Waals surface area contributed by atoms with Gasteiger partial charge in [-0.05, 0) is 44.4 Å². The maximum atomic E-state index is 10.0. The molecule has 2 heteroatoms.